The quantitative estimate of drug-likeness (QED) is 0.436. The van der Waals surface area contributed by atoms with Gasteiger partial charge in [0.1, 0.15) is 6.04 Å². The smallest absolute Gasteiger partial charge is 0.254 e. The highest BCUT2D eigenvalue weighted by atomic mass is 32.2. The molecule has 0 saturated carbocycles. The van der Waals surface area contributed by atoms with Crippen LogP contribution in [0.5, 0.6) is 0 Å². The van der Waals surface area contributed by atoms with Crippen molar-refractivity contribution in [1.29, 1.82) is 0 Å². The van der Waals surface area contributed by atoms with Crippen LogP contribution in [0, 0.1) is 0 Å². The minimum atomic E-state index is -0.863. The van der Waals surface area contributed by atoms with Gasteiger partial charge in [-0.25, -0.2) is 0 Å². The van der Waals surface area contributed by atoms with Gasteiger partial charge in [0.25, 0.3) is 5.91 Å². The third kappa shape index (κ3) is 9.76. The summed E-state index contributed by atoms with van der Waals surface area (Å²) in [5, 5.41) is 5.99. The van der Waals surface area contributed by atoms with Gasteiger partial charge in [-0.3, -0.25) is 29.0 Å². The van der Waals surface area contributed by atoms with Gasteiger partial charge in [0.2, 0.25) is 23.6 Å². The van der Waals surface area contributed by atoms with E-state index in [9.17, 15) is 24.0 Å². The fourth-order valence-corrected chi connectivity index (χ4v) is 6.79. The highest BCUT2D eigenvalue weighted by molar-refractivity contribution is 7.99. The minimum absolute atomic E-state index is 0.0113. The van der Waals surface area contributed by atoms with Crippen LogP contribution in [-0.4, -0.2) is 132 Å². The molecule has 13 heteroatoms. The average molecular weight is 652 g/mol. The number of pyridine rings is 1. The first-order chi connectivity index (χ1) is 22.0. The zero-order valence-electron chi connectivity index (χ0n) is 27.1. The summed E-state index contributed by atoms with van der Waals surface area (Å²) in [6.45, 7) is 1.27. The van der Waals surface area contributed by atoms with E-state index in [-0.39, 0.29) is 61.0 Å². The average Bonchev–Trinajstić information content (AvgIpc) is 3.44. The van der Waals surface area contributed by atoms with Crippen molar-refractivity contribution in [2.75, 3.05) is 60.1 Å². The standard InChI is InChI=1S/C33H45N7O5S/c1-37(2)17-16-35-32(44)28-9-11-30(42)38(3)21-31(43)40-20-25(36-29(41)10-8-23-12-14-34-15-13-23)19-26(40)22-46-27-7-5-6-24(18-27)33(45)39(28)4/h5-7,12-15,18,25-26,28H,8-11,16-17,19-22H2,1-4H3,(H,35,44)(H,36,41)/t25-,26+,28+/m1/s1. The molecular formula is C33H45N7O5S. The fraction of sp³-hybridized carbons (Fsp3) is 0.515. The Balaban J connectivity index is 1.49. The van der Waals surface area contributed by atoms with Gasteiger partial charge in [-0.2, -0.15) is 0 Å². The van der Waals surface area contributed by atoms with Crippen LogP contribution in [0.1, 0.15) is 41.6 Å². The molecule has 3 heterocycles. The summed E-state index contributed by atoms with van der Waals surface area (Å²) in [7, 11) is 6.97. The molecule has 3 atom stereocenters. The zero-order chi connectivity index (χ0) is 33.2. The topological polar surface area (TPSA) is 135 Å². The van der Waals surface area contributed by atoms with Crippen molar-refractivity contribution < 1.29 is 24.0 Å². The lowest BCUT2D eigenvalue weighted by molar-refractivity contribution is -0.140. The molecule has 0 spiro atoms. The number of aromatic nitrogens is 1. The molecule has 2 bridgehead atoms. The first-order valence-electron chi connectivity index (χ1n) is 15.7. The Morgan fingerprint density at radius 2 is 1.83 bits per heavy atom. The van der Waals surface area contributed by atoms with Gasteiger partial charge in [-0.1, -0.05) is 6.07 Å². The van der Waals surface area contributed by atoms with Crippen LogP contribution in [0.25, 0.3) is 0 Å². The number of carbonyl (C=O) groups excluding carboxylic acids is 5. The molecule has 12 nitrogen and oxygen atoms in total. The Labute approximate surface area is 275 Å². The van der Waals surface area contributed by atoms with Crippen molar-refractivity contribution in [2.24, 2.45) is 0 Å². The molecule has 1 fully saturated rings. The van der Waals surface area contributed by atoms with Gasteiger partial charge in [0, 0.05) is 87.3 Å². The van der Waals surface area contributed by atoms with Gasteiger partial charge in [0.15, 0.2) is 0 Å². The van der Waals surface area contributed by atoms with Gasteiger partial charge in [-0.05, 0) is 69.3 Å². The molecule has 248 valence electrons. The minimum Gasteiger partial charge on any atom is -0.353 e. The number of benzene rings is 1. The number of carbonyl (C=O) groups is 5. The maximum atomic E-state index is 13.6. The summed E-state index contributed by atoms with van der Waals surface area (Å²) in [6, 6.07) is 9.77. The number of amides is 5. The summed E-state index contributed by atoms with van der Waals surface area (Å²) in [5.41, 5.74) is 1.47. The predicted octanol–water partition coefficient (Wildman–Crippen LogP) is 1.26. The van der Waals surface area contributed by atoms with Crippen LogP contribution < -0.4 is 10.6 Å². The van der Waals surface area contributed by atoms with Crippen LogP contribution in [0.2, 0.25) is 0 Å². The van der Waals surface area contributed by atoms with Crippen LogP contribution in [0.3, 0.4) is 0 Å². The highest BCUT2D eigenvalue weighted by Crippen LogP contribution is 2.28. The molecule has 2 aliphatic heterocycles. The third-order valence-electron chi connectivity index (χ3n) is 8.39. The van der Waals surface area contributed by atoms with Crippen LogP contribution in [0.4, 0.5) is 0 Å². The van der Waals surface area contributed by atoms with E-state index in [2.05, 4.69) is 15.6 Å². The molecule has 4 rings (SSSR count). The Morgan fingerprint density at radius 3 is 2.57 bits per heavy atom. The van der Waals surface area contributed by atoms with Crippen molar-refractivity contribution in [2.45, 2.75) is 55.1 Å². The summed E-state index contributed by atoms with van der Waals surface area (Å²) in [6.07, 6.45) is 5.02. The zero-order valence-corrected chi connectivity index (χ0v) is 27.9. The number of aryl methyl sites for hydroxylation is 1. The van der Waals surface area contributed by atoms with Crippen LogP contribution >= 0.6 is 11.8 Å². The Bertz CT molecular complexity index is 1390. The normalized spacial score (nSPS) is 21.4. The number of hydrogen-bond donors (Lipinski definition) is 2. The van der Waals surface area contributed by atoms with Gasteiger partial charge >= 0.3 is 0 Å². The molecule has 0 radical (unpaired) electrons. The van der Waals surface area contributed by atoms with E-state index in [1.54, 1.807) is 49.6 Å². The maximum absolute atomic E-state index is 13.6. The molecule has 0 unspecified atom stereocenters. The lowest BCUT2D eigenvalue weighted by Gasteiger charge is -2.30. The fourth-order valence-electron chi connectivity index (χ4n) is 5.70. The second-order valence-electron chi connectivity index (χ2n) is 12.2. The third-order valence-corrected chi connectivity index (χ3v) is 9.53. The van der Waals surface area contributed by atoms with Gasteiger partial charge in [-0.15, -0.1) is 11.8 Å². The Kier molecular flexibility index (Phi) is 12.6. The number of thioether (sulfide) groups is 1. The number of hydrogen-bond acceptors (Lipinski definition) is 8. The van der Waals surface area contributed by atoms with E-state index in [1.165, 1.54) is 21.6 Å². The first kappa shape index (κ1) is 34.9. The number of likely N-dealkylation sites (N-methyl/N-ethyl adjacent to an activating group) is 3. The highest BCUT2D eigenvalue weighted by Gasteiger charge is 2.37. The molecule has 2 N–H and O–H groups in total. The number of fused-ring (bicyclic) bond motifs is 3. The molecule has 5 amide bonds. The summed E-state index contributed by atoms with van der Waals surface area (Å²) in [5.74, 6) is -0.651. The summed E-state index contributed by atoms with van der Waals surface area (Å²) in [4.78, 5) is 77.8. The SMILES string of the molecule is CN(C)CCNC(=O)[C@@H]1CCC(=O)N(C)CC(=O)N2C[C@H](NC(=O)CCc3ccncc3)C[C@H]2CSc2cccc(c2)C(=O)N1C. The second kappa shape index (κ2) is 16.5. The Hall–Kier alpha value is -3.97. The van der Waals surface area contributed by atoms with Crippen LogP contribution in [0.15, 0.2) is 53.7 Å². The van der Waals surface area contributed by atoms with Crippen molar-refractivity contribution in [3.8, 4) is 0 Å². The van der Waals surface area contributed by atoms with E-state index < -0.39 is 6.04 Å². The van der Waals surface area contributed by atoms with E-state index in [4.69, 9.17) is 0 Å². The summed E-state index contributed by atoms with van der Waals surface area (Å²) < 4.78 is 0. The second-order valence-corrected chi connectivity index (χ2v) is 13.3. The van der Waals surface area contributed by atoms with Crippen molar-refractivity contribution in [3.63, 3.8) is 0 Å². The van der Waals surface area contributed by atoms with Crippen molar-refractivity contribution in [3.05, 3.63) is 59.9 Å². The number of rotatable bonds is 8. The number of nitrogens with zero attached hydrogens (tertiary/aromatic N) is 5. The van der Waals surface area contributed by atoms with Gasteiger partial charge in [0.05, 0.1) is 6.54 Å². The molecule has 0 aliphatic carbocycles. The van der Waals surface area contributed by atoms with Crippen LogP contribution in [-0.2, 0) is 25.6 Å². The molecule has 1 saturated heterocycles. The molecule has 1 aromatic carbocycles. The molecule has 2 aromatic rings. The Morgan fingerprint density at radius 1 is 1.07 bits per heavy atom. The molecule has 1 aromatic heterocycles. The van der Waals surface area contributed by atoms with E-state index in [0.717, 1.165) is 10.5 Å². The van der Waals surface area contributed by atoms with E-state index in [1.807, 2.05) is 37.2 Å². The summed E-state index contributed by atoms with van der Waals surface area (Å²) >= 11 is 1.53. The lowest BCUT2D eigenvalue weighted by atomic mass is 10.1. The predicted molar refractivity (Wildman–Crippen MR) is 176 cm³/mol. The molecule has 2 aliphatic rings. The van der Waals surface area contributed by atoms with Crippen molar-refractivity contribution in [1.82, 2.24) is 35.2 Å². The van der Waals surface area contributed by atoms with Gasteiger partial charge < -0.3 is 30.2 Å². The van der Waals surface area contributed by atoms with Crippen molar-refractivity contribution >= 4 is 41.3 Å². The largest absolute Gasteiger partial charge is 0.353 e. The molecular weight excluding hydrogens is 606 g/mol. The lowest BCUT2D eigenvalue weighted by Crippen LogP contribution is -2.49. The monoisotopic (exact) mass is 651 g/mol. The van der Waals surface area contributed by atoms with E-state index >= 15 is 0 Å². The maximum Gasteiger partial charge on any atom is 0.254 e. The molecule has 46 heavy (non-hydrogen) atoms. The first-order valence-corrected chi connectivity index (χ1v) is 16.6. The van der Waals surface area contributed by atoms with E-state index in [0.29, 0.717) is 50.2 Å². The number of nitrogens with one attached hydrogen (secondary N) is 2.